The summed E-state index contributed by atoms with van der Waals surface area (Å²) in [5.74, 6) is -2.31. The predicted molar refractivity (Wildman–Crippen MR) is 74.8 cm³/mol. The van der Waals surface area contributed by atoms with Crippen LogP contribution in [0.25, 0.3) is 0 Å². The Morgan fingerprint density at radius 2 is 2.09 bits per heavy atom. The fourth-order valence-electron chi connectivity index (χ4n) is 2.37. The molecule has 9 heteroatoms. The largest absolute Gasteiger partial charge is 0.452 e. The number of aromatic nitrogens is 3. The highest BCUT2D eigenvalue weighted by atomic mass is 19.4. The zero-order chi connectivity index (χ0) is 17.4. The first kappa shape index (κ1) is 17.0. The number of carbonyl (C=O) groups is 1. The zero-order valence-corrected chi connectivity index (χ0v) is 13.2. The highest BCUT2D eigenvalue weighted by molar-refractivity contribution is 5.93. The van der Waals surface area contributed by atoms with Gasteiger partial charge in [-0.15, -0.1) is 0 Å². The maximum absolute atomic E-state index is 12.7. The van der Waals surface area contributed by atoms with E-state index in [0.717, 1.165) is 17.0 Å². The molecule has 0 aliphatic heterocycles. The third-order valence-corrected chi connectivity index (χ3v) is 3.59. The van der Waals surface area contributed by atoms with Crippen LogP contribution in [0.5, 0.6) is 0 Å². The Balaban J connectivity index is 2.10. The van der Waals surface area contributed by atoms with Gasteiger partial charge in [-0.1, -0.05) is 0 Å². The van der Waals surface area contributed by atoms with Gasteiger partial charge in [0, 0.05) is 18.8 Å². The van der Waals surface area contributed by atoms with Crippen molar-refractivity contribution in [3.63, 3.8) is 0 Å². The van der Waals surface area contributed by atoms with Gasteiger partial charge in [-0.2, -0.15) is 18.3 Å². The van der Waals surface area contributed by atoms with E-state index in [1.54, 1.807) is 18.7 Å². The van der Waals surface area contributed by atoms with E-state index < -0.39 is 23.5 Å². The summed E-state index contributed by atoms with van der Waals surface area (Å²) in [6, 6.07) is -0.387. The number of hydrogen-bond donors (Lipinski definition) is 1. The molecule has 6 nitrogen and oxygen atoms in total. The van der Waals surface area contributed by atoms with Crippen molar-refractivity contribution in [2.45, 2.75) is 39.4 Å². The van der Waals surface area contributed by atoms with Gasteiger partial charge in [-0.05, 0) is 32.8 Å². The maximum atomic E-state index is 12.7. The van der Waals surface area contributed by atoms with Crippen LogP contribution >= 0.6 is 0 Å². The molecule has 0 saturated carbocycles. The maximum Gasteiger partial charge on any atom is 0.452 e. The Morgan fingerprint density at radius 3 is 2.61 bits per heavy atom. The second kappa shape index (κ2) is 6.05. The minimum atomic E-state index is -4.76. The molecule has 0 bridgehead atoms. The van der Waals surface area contributed by atoms with Gasteiger partial charge in [0.1, 0.15) is 0 Å². The van der Waals surface area contributed by atoms with Crippen LogP contribution in [0.2, 0.25) is 0 Å². The Bertz CT molecular complexity index is 718. The number of oxazole rings is 1. The Kier molecular flexibility index (Phi) is 4.49. The predicted octanol–water partition coefficient (Wildman–Crippen LogP) is 2.40. The van der Waals surface area contributed by atoms with Gasteiger partial charge in [-0.3, -0.25) is 9.48 Å². The monoisotopic (exact) mass is 330 g/mol. The number of alkyl halides is 3. The molecule has 1 amide bonds. The highest BCUT2D eigenvalue weighted by Crippen LogP contribution is 2.31. The summed E-state index contributed by atoms with van der Waals surface area (Å²) in [4.78, 5) is 15.4. The Hall–Kier alpha value is -2.32. The standard InChI is InChI=1S/C14H17F3N4O2/c1-7(5-10-8(2)20-21(4)9(10)3)19-13(22)11-12(14(15,16)17)23-6-18-11/h6-7H,5H2,1-4H3,(H,19,22). The smallest absolute Gasteiger partial charge is 0.438 e. The summed E-state index contributed by atoms with van der Waals surface area (Å²) in [6.07, 6.45) is -3.70. The SMILES string of the molecule is Cc1nn(C)c(C)c1CC(C)NC(=O)c1ncoc1C(F)(F)F. The average molecular weight is 330 g/mol. The van der Waals surface area contributed by atoms with Crippen molar-refractivity contribution in [3.8, 4) is 0 Å². The van der Waals surface area contributed by atoms with Gasteiger partial charge in [0.15, 0.2) is 12.1 Å². The van der Waals surface area contributed by atoms with Crippen LogP contribution < -0.4 is 5.32 Å². The van der Waals surface area contributed by atoms with Crippen molar-refractivity contribution < 1.29 is 22.4 Å². The Morgan fingerprint density at radius 1 is 1.43 bits per heavy atom. The van der Waals surface area contributed by atoms with E-state index in [1.807, 2.05) is 13.8 Å². The number of amides is 1. The van der Waals surface area contributed by atoms with Gasteiger partial charge in [0.25, 0.3) is 5.91 Å². The molecular weight excluding hydrogens is 313 g/mol. The lowest BCUT2D eigenvalue weighted by atomic mass is 10.1. The molecule has 2 heterocycles. The number of carbonyl (C=O) groups excluding carboxylic acids is 1. The van der Waals surface area contributed by atoms with Crippen LogP contribution in [0, 0.1) is 13.8 Å². The van der Waals surface area contributed by atoms with Gasteiger partial charge < -0.3 is 9.73 Å². The number of hydrogen-bond acceptors (Lipinski definition) is 4. The van der Waals surface area contributed by atoms with Crippen molar-refractivity contribution in [3.05, 3.63) is 34.8 Å². The first-order valence-corrected chi connectivity index (χ1v) is 6.91. The zero-order valence-electron chi connectivity index (χ0n) is 13.2. The van der Waals surface area contributed by atoms with Gasteiger partial charge >= 0.3 is 6.18 Å². The lowest BCUT2D eigenvalue weighted by molar-refractivity contribution is -0.153. The van der Waals surface area contributed by atoms with Crippen molar-refractivity contribution in [1.82, 2.24) is 20.1 Å². The van der Waals surface area contributed by atoms with Gasteiger partial charge in [-0.25, -0.2) is 4.98 Å². The molecule has 0 aliphatic rings. The summed E-state index contributed by atoms with van der Waals surface area (Å²) < 4.78 is 44.1. The van der Waals surface area contributed by atoms with Gasteiger partial charge in [0.2, 0.25) is 5.76 Å². The van der Waals surface area contributed by atoms with Crippen LogP contribution in [0.15, 0.2) is 10.8 Å². The lowest BCUT2D eigenvalue weighted by Gasteiger charge is -2.14. The third-order valence-electron chi connectivity index (χ3n) is 3.59. The average Bonchev–Trinajstić information content (AvgIpc) is 3.00. The lowest BCUT2D eigenvalue weighted by Crippen LogP contribution is -2.35. The first-order valence-electron chi connectivity index (χ1n) is 6.91. The van der Waals surface area contributed by atoms with Crippen LogP contribution in [-0.2, 0) is 19.6 Å². The van der Waals surface area contributed by atoms with E-state index >= 15 is 0 Å². The molecule has 2 rings (SSSR count). The van der Waals surface area contributed by atoms with E-state index in [1.165, 1.54) is 0 Å². The van der Waals surface area contributed by atoms with E-state index in [2.05, 4.69) is 19.8 Å². The molecule has 126 valence electrons. The topological polar surface area (TPSA) is 73.0 Å². The minimum Gasteiger partial charge on any atom is -0.438 e. The number of aryl methyl sites for hydroxylation is 2. The fraction of sp³-hybridized carbons (Fsp3) is 0.500. The number of nitrogens with zero attached hydrogens (tertiary/aromatic N) is 3. The molecular formula is C14H17F3N4O2. The van der Waals surface area contributed by atoms with Crippen molar-refractivity contribution in [2.24, 2.45) is 7.05 Å². The number of halogens is 3. The second-order valence-electron chi connectivity index (χ2n) is 5.38. The molecule has 0 saturated heterocycles. The summed E-state index contributed by atoms with van der Waals surface area (Å²) in [6.45, 7) is 5.44. The summed E-state index contributed by atoms with van der Waals surface area (Å²) in [5, 5.41) is 6.78. The van der Waals surface area contributed by atoms with Crippen LogP contribution in [0.4, 0.5) is 13.2 Å². The van der Waals surface area contributed by atoms with Crippen LogP contribution in [-0.4, -0.2) is 26.7 Å². The molecule has 2 aromatic rings. The first-order chi connectivity index (χ1) is 10.6. The summed E-state index contributed by atoms with van der Waals surface area (Å²) in [7, 11) is 1.81. The van der Waals surface area contributed by atoms with Crippen molar-refractivity contribution in [1.29, 1.82) is 0 Å². The van der Waals surface area contributed by atoms with Gasteiger partial charge in [0.05, 0.1) is 5.69 Å². The molecule has 0 aliphatic carbocycles. The molecule has 0 radical (unpaired) electrons. The fourth-order valence-corrected chi connectivity index (χ4v) is 2.37. The molecule has 1 unspecified atom stereocenters. The molecule has 2 aromatic heterocycles. The number of rotatable bonds is 4. The van der Waals surface area contributed by atoms with Crippen LogP contribution in [0.1, 0.15) is 40.1 Å². The van der Waals surface area contributed by atoms with Crippen molar-refractivity contribution >= 4 is 5.91 Å². The number of nitrogens with one attached hydrogen (secondary N) is 1. The summed E-state index contributed by atoms with van der Waals surface area (Å²) in [5.41, 5.74) is 1.96. The molecule has 23 heavy (non-hydrogen) atoms. The summed E-state index contributed by atoms with van der Waals surface area (Å²) >= 11 is 0. The molecule has 0 fully saturated rings. The van der Waals surface area contributed by atoms with E-state index in [-0.39, 0.29) is 6.04 Å². The van der Waals surface area contributed by atoms with Crippen molar-refractivity contribution in [2.75, 3.05) is 0 Å². The Labute approximate surface area is 130 Å². The van der Waals surface area contributed by atoms with Crippen LogP contribution in [0.3, 0.4) is 0 Å². The van der Waals surface area contributed by atoms with E-state index in [9.17, 15) is 18.0 Å². The second-order valence-corrected chi connectivity index (χ2v) is 5.38. The molecule has 1 atom stereocenters. The molecule has 1 N–H and O–H groups in total. The third kappa shape index (κ3) is 3.54. The molecule has 0 aromatic carbocycles. The normalized spacial score (nSPS) is 13.2. The minimum absolute atomic E-state index is 0.387. The quantitative estimate of drug-likeness (QED) is 0.934. The molecule has 0 spiro atoms. The van der Waals surface area contributed by atoms with E-state index in [4.69, 9.17) is 0 Å². The van der Waals surface area contributed by atoms with E-state index in [0.29, 0.717) is 12.8 Å². The highest BCUT2D eigenvalue weighted by Gasteiger charge is 2.40.